The minimum atomic E-state index is 0.394. The molecule has 5 nitrogen and oxygen atoms in total. The summed E-state index contributed by atoms with van der Waals surface area (Å²) in [6, 6.07) is 6.33. The third kappa shape index (κ3) is 5.53. The highest BCUT2D eigenvalue weighted by Crippen LogP contribution is 2.27. The quantitative estimate of drug-likeness (QED) is 0.599. The molecule has 118 valence electrons. The van der Waals surface area contributed by atoms with E-state index in [-0.39, 0.29) is 0 Å². The van der Waals surface area contributed by atoms with E-state index in [1.165, 1.54) is 0 Å². The van der Waals surface area contributed by atoms with Crippen molar-refractivity contribution in [2.24, 2.45) is 4.99 Å². The van der Waals surface area contributed by atoms with Crippen molar-refractivity contribution < 1.29 is 9.47 Å². The van der Waals surface area contributed by atoms with E-state index in [0.29, 0.717) is 19.2 Å². The molecule has 0 aliphatic rings. The molecule has 0 aliphatic carbocycles. The molecule has 0 amide bonds. The number of benzene rings is 1. The fraction of sp³-hybridized carbons (Fsp3) is 0.562. The van der Waals surface area contributed by atoms with E-state index in [4.69, 9.17) is 9.47 Å². The number of aliphatic imine (C=N–C) groups is 1. The van der Waals surface area contributed by atoms with E-state index in [1.807, 2.05) is 25.1 Å². The van der Waals surface area contributed by atoms with Crippen LogP contribution in [0.25, 0.3) is 0 Å². The van der Waals surface area contributed by atoms with E-state index in [0.717, 1.165) is 29.4 Å². The lowest BCUT2D eigenvalue weighted by molar-refractivity contribution is 0.310. The normalized spacial score (nSPS) is 12.7. The van der Waals surface area contributed by atoms with Gasteiger partial charge in [-0.05, 0) is 38.0 Å². The predicted molar refractivity (Wildman–Crippen MR) is 87.3 cm³/mol. The second-order valence-electron chi connectivity index (χ2n) is 4.80. The maximum Gasteiger partial charge on any atom is 0.191 e. The Morgan fingerprint density at radius 2 is 2.05 bits per heavy atom. The van der Waals surface area contributed by atoms with Gasteiger partial charge in [-0.15, -0.1) is 0 Å². The highest BCUT2D eigenvalue weighted by atomic mass is 16.5. The van der Waals surface area contributed by atoms with Crippen LogP contribution in [0.3, 0.4) is 0 Å². The molecule has 0 saturated carbocycles. The third-order valence-electron chi connectivity index (χ3n) is 3.21. The van der Waals surface area contributed by atoms with Crippen LogP contribution in [-0.2, 0) is 6.54 Å². The van der Waals surface area contributed by atoms with E-state index in [9.17, 15) is 0 Å². The summed E-state index contributed by atoms with van der Waals surface area (Å²) in [6.07, 6.45) is 1.05. The van der Waals surface area contributed by atoms with Gasteiger partial charge < -0.3 is 20.1 Å². The molecule has 0 radical (unpaired) electrons. The van der Waals surface area contributed by atoms with Crippen molar-refractivity contribution in [1.29, 1.82) is 0 Å². The fourth-order valence-corrected chi connectivity index (χ4v) is 1.82. The Balaban J connectivity index is 2.68. The molecule has 0 aliphatic heterocycles. The van der Waals surface area contributed by atoms with Crippen LogP contribution in [0.4, 0.5) is 0 Å². The van der Waals surface area contributed by atoms with Crippen molar-refractivity contribution >= 4 is 5.96 Å². The number of rotatable bonds is 7. The zero-order valence-electron chi connectivity index (χ0n) is 13.7. The Morgan fingerprint density at radius 3 is 2.62 bits per heavy atom. The summed E-state index contributed by atoms with van der Waals surface area (Å²) in [5, 5.41) is 6.63. The second kappa shape index (κ2) is 9.10. The van der Waals surface area contributed by atoms with Gasteiger partial charge >= 0.3 is 0 Å². The Bertz CT molecular complexity index is 461. The monoisotopic (exact) mass is 293 g/mol. The first-order valence-corrected chi connectivity index (χ1v) is 7.41. The molecular weight excluding hydrogens is 266 g/mol. The van der Waals surface area contributed by atoms with Crippen LogP contribution in [0.2, 0.25) is 0 Å². The van der Waals surface area contributed by atoms with Gasteiger partial charge in [0, 0.05) is 19.6 Å². The maximum atomic E-state index is 5.58. The fourth-order valence-electron chi connectivity index (χ4n) is 1.82. The number of hydrogen-bond acceptors (Lipinski definition) is 3. The van der Waals surface area contributed by atoms with Crippen molar-refractivity contribution in [3.05, 3.63) is 23.8 Å². The summed E-state index contributed by atoms with van der Waals surface area (Å²) in [5.74, 6) is 2.32. The van der Waals surface area contributed by atoms with Gasteiger partial charge in [-0.25, -0.2) is 0 Å². The number of hydrogen-bond donors (Lipinski definition) is 2. The SMILES string of the molecule is CCOc1cc(CNC(=NC)NC(C)CC)ccc1OC. The molecule has 1 unspecified atom stereocenters. The van der Waals surface area contributed by atoms with Crippen LogP contribution in [0, 0.1) is 0 Å². The average Bonchev–Trinajstić information content (AvgIpc) is 2.51. The van der Waals surface area contributed by atoms with Crippen LogP contribution in [0.5, 0.6) is 11.5 Å². The first kappa shape index (κ1) is 17.1. The van der Waals surface area contributed by atoms with Crippen LogP contribution in [0.1, 0.15) is 32.8 Å². The van der Waals surface area contributed by atoms with Gasteiger partial charge in [-0.3, -0.25) is 4.99 Å². The Kier molecular flexibility index (Phi) is 7.43. The first-order valence-electron chi connectivity index (χ1n) is 7.41. The summed E-state index contributed by atoms with van der Waals surface area (Å²) in [6.45, 7) is 7.53. The maximum absolute atomic E-state index is 5.58. The molecule has 21 heavy (non-hydrogen) atoms. The topological polar surface area (TPSA) is 54.9 Å². The zero-order chi connectivity index (χ0) is 15.7. The van der Waals surface area contributed by atoms with Gasteiger partial charge in [0.15, 0.2) is 17.5 Å². The minimum absolute atomic E-state index is 0.394. The predicted octanol–water partition coefficient (Wildman–Crippen LogP) is 2.56. The second-order valence-corrected chi connectivity index (χ2v) is 4.80. The average molecular weight is 293 g/mol. The van der Waals surface area contributed by atoms with Crippen molar-refractivity contribution in [1.82, 2.24) is 10.6 Å². The molecule has 0 aromatic heterocycles. The largest absolute Gasteiger partial charge is 0.493 e. The molecular formula is C16H27N3O2. The van der Waals surface area contributed by atoms with E-state index >= 15 is 0 Å². The van der Waals surface area contributed by atoms with Gasteiger partial charge in [0.05, 0.1) is 13.7 Å². The molecule has 0 bridgehead atoms. The standard InChI is InChI=1S/C16H27N3O2/c1-6-12(3)19-16(17-4)18-11-13-8-9-14(20-5)15(10-13)21-7-2/h8-10,12H,6-7,11H2,1-5H3,(H2,17,18,19). The summed E-state index contributed by atoms with van der Waals surface area (Å²) < 4.78 is 10.9. The van der Waals surface area contributed by atoms with Gasteiger partial charge in [0.2, 0.25) is 0 Å². The highest BCUT2D eigenvalue weighted by Gasteiger charge is 2.07. The number of nitrogens with one attached hydrogen (secondary N) is 2. The first-order chi connectivity index (χ1) is 10.1. The molecule has 5 heteroatoms. The van der Waals surface area contributed by atoms with Gasteiger partial charge in [-0.2, -0.15) is 0 Å². The molecule has 0 heterocycles. The number of nitrogens with zero attached hydrogens (tertiary/aromatic N) is 1. The molecule has 1 rings (SSSR count). The lowest BCUT2D eigenvalue weighted by Gasteiger charge is -2.17. The molecule has 1 aromatic carbocycles. The van der Waals surface area contributed by atoms with Gasteiger partial charge in [0.25, 0.3) is 0 Å². The van der Waals surface area contributed by atoms with Crippen LogP contribution < -0.4 is 20.1 Å². The summed E-state index contributed by atoms with van der Waals surface area (Å²) in [7, 11) is 3.42. The molecule has 0 fully saturated rings. The van der Waals surface area contributed by atoms with Crippen LogP contribution >= 0.6 is 0 Å². The molecule has 0 saturated heterocycles. The third-order valence-corrected chi connectivity index (χ3v) is 3.21. The van der Waals surface area contributed by atoms with Crippen LogP contribution in [-0.4, -0.2) is 32.8 Å². The molecule has 2 N–H and O–H groups in total. The van der Waals surface area contributed by atoms with E-state index in [1.54, 1.807) is 14.2 Å². The lowest BCUT2D eigenvalue weighted by Crippen LogP contribution is -2.41. The van der Waals surface area contributed by atoms with Gasteiger partial charge in [0.1, 0.15) is 0 Å². The highest BCUT2D eigenvalue weighted by molar-refractivity contribution is 5.79. The van der Waals surface area contributed by atoms with Crippen molar-refractivity contribution in [3.63, 3.8) is 0 Å². The summed E-state index contributed by atoms with van der Waals surface area (Å²) in [5.41, 5.74) is 1.12. The molecule has 0 spiro atoms. The Hall–Kier alpha value is -1.91. The van der Waals surface area contributed by atoms with Gasteiger partial charge in [-0.1, -0.05) is 13.0 Å². The van der Waals surface area contributed by atoms with E-state index < -0.39 is 0 Å². The smallest absolute Gasteiger partial charge is 0.191 e. The number of guanidine groups is 1. The lowest BCUT2D eigenvalue weighted by atomic mass is 10.2. The van der Waals surface area contributed by atoms with Crippen molar-refractivity contribution in [3.8, 4) is 11.5 Å². The summed E-state index contributed by atoms with van der Waals surface area (Å²) >= 11 is 0. The van der Waals surface area contributed by atoms with Crippen molar-refractivity contribution in [2.45, 2.75) is 39.8 Å². The number of methoxy groups -OCH3 is 1. The number of ether oxygens (including phenoxy) is 2. The summed E-state index contributed by atoms with van der Waals surface area (Å²) in [4.78, 5) is 4.22. The van der Waals surface area contributed by atoms with Crippen LogP contribution in [0.15, 0.2) is 23.2 Å². The van der Waals surface area contributed by atoms with Crippen molar-refractivity contribution in [2.75, 3.05) is 20.8 Å². The molecule has 1 atom stereocenters. The Labute approximate surface area is 127 Å². The molecule has 1 aromatic rings. The zero-order valence-corrected chi connectivity index (χ0v) is 13.7. The van der Waals surface area contributed by atoms with E-state index in [2.05, 4.69) is 29.5 Å². The Morgan fingerprint density at radius 1 is 1.29 bits per heavy atom. The minimum Gasteiger partial charge on any atom is -0.493 e.